The number of aromatic nitrogens is 4. The van der Waals surface area contributed by atoms with Gasteiger partial charge < -0.3 is 15.2 Å². The fourth-order valence-corrected chi connectivity index (χ4v) is 3.35. The van der Waals surface area contributed by atoms with Gasteiger partial charge in [0.1, 0.15) is 5.52 Å². The lowest BCUT2D eigenvalue weighted by atomic mass is 10.2. The topological polar surface area (TPSA) is 90.8 Å². The molecule has 0 amide bonds. The molecular weight excluding hydrogens is 372 g/mol. The molecule has 0 spiro atoms. The highest BCUT2D eigenvalue weighted by Gasteiger charge is 2.45. The maximum atomic E-state index is 13.4. The van der Waals surface area contributed by atoms with Crippen LogP contribution in [-0.2, 0) is 6.54 Å². The summed E-state index contributed by atoms with van der Waals surface area (Å²) in [4.78, 5) is 9.95. The van der Waals surface area contributed by atoms with Crippen LogP contribution in [0.3, 0.4) is 0 Å². The van der Waals surface area contributed by atoms with E-state index in [2.05, 4.69) is 24.5 Å². The Balaban J connectivity index is 1.59. The molecule has 0 atom stereocenters. The number of nitrogens with zero attached hydrogens (tertiary/aromatic N) is 5. The SMILES string of the molecule is Nc1nc2c3c(ccc2c2nc(CN4CCC(F)(F)C4)nn12)OC(F)(F)O3. The highest BCUT2D eigenvalue weighted by Crippen LogP contribution is 2.45. The van der Waals surface area contributed by atoms with E-state index in [-0.39, 0.29) is 60.5 Å². The number of benzene rings is 1. The van der Waals surface area contributed by atoms with E-state index in [4.69, 9.17) is 5.73 Å². The van der Waals surface area contributed by atoms with Crippen molar-refractivity contribution in [1.82, 2.24) is 24.5 Å². The zero-order valence-electron chi connectivity index (χ0n) is 13.6. The molecule has 0 unspecified atom stereocenters. The minimum absolute atomic E-state index is 0.0568. The van der Waals surface area contributed by atoms with E-state index in [1.54, 1.807) is 0 Å². The van der Waals surface area contributed by atoms with Gasteiger partial charge >= 0.3 is 6.29 Å². The van der Waals surface area contributed by atoms with Crippen molar-refractivity contribution in [2.45, 2.75) is 25.2 Å². The summed E-state index contributed by atoms with van der Waals surface area (Å²) in [6.45, 7) is -0.0313. The predicted octanol–water partition coefficient (Wildman–Crippen LogP) is 2.02. The van der Waals surface area contributed by atoms with E-state index in [1.807, 2.05) is 0 Å². The first-order chi connectivity index (χ1) is 12.7. The zero-order chi connectivity index (χ0) is 19.0. The standard InChI is InChI=1S/C15H12F4N6O2/c16-14(17)3-4-24(6-14)5-9-21-12-7-1-2-8-11(27-15(18,19)26-8)10(7)22-13(20)25(12)23-9/h1-2H,3-6H2,(H2,20,22). The molecule has 1 saturated heterocycles. The van der Waals surface area contributed by atoms with Crippen LogP contribution in [0, 0.1) is 0 Å². The molecule has 2 aliphatic heterocycles. The molecule has 12 heteroatoms. The van der Waals surface area contributed by atoms with Crippen molar-refractivity contribution < 1.29 is 27.0 Å². The molecule has 0 bridgehead atoms. The van der Waals surface area contributed by atoms with Crippen LogP contribution < -0.4 is 15.2 Å². The van der Waals surface area contributed by atoms with Gasteiger partial charge in [0.05, 0.1) is 13.1 Å². The second-order valence-corrected chi connectivity index (χ2v) is 6.51. The van der Waals surface area contributed by atoms with E-state index < -0.39 is 12.2 Å². The first-order valence-corrected chi connectivity index (χ1v) is 8.05. The quantitative estimate of drug-likeness (QED) is 0.676. The number of hydrogen-bond donors (Lipinski definition) is 1. The fraction of sp³-hybridized carbons (Fsp3) is 0.400. The average molecular weight is 384 g/mol. The third-order valence-electron chi connectivity index (χ3n) is 4.49. The molecule has 0 aliphatic carbocycles. The normalized spacial score (nSPS) is 20.7. The second-order valence-electron chi connectivity index (χ2n) is 6.51. The summed E-state index contributed by atoms with van der Waals surface area (Å²) >= 11 is 0. The summed E-state index contributed by atoms with van der Waals surface area (Å²) in [5.74, 6) is -2.96. The maximum Gasteiger partial charge on any atom is 0.586 e. The summed E-state index contributed by atoms with van der Waals surface area (Å²) in [5, 5.41) is 4.58. The summed E-state index contributed by atoms with van der Waals surface area (Å²) in [5.41, 5.74) is 6.20. The highest BCUT2D eigenvalue weighted by molar-refractivity contribution is 5.97. The Morgan fingerprint density at radius 1 is 1.15 bits per heavy atom. The summed E-state index contributed by atoms with van der Waals surface area (Å²) in [7, 11) is 0. The number of ether oxygens (including phenoxy) is 2. The fourth-order valence-electron chi connectivity index (χ4n) is 3.35. The van der Waals surface area contributed by atoms with Crippen LogP contribution in [0.1, 0.15) is 12.2 Å². The van der Waals surface area contributed by atoms with Gasteiger partial charge in [-0.2, -0.15) is 4.52 Å². The first-order valence-electron chi connectivity index (χ1n) is 8.05. The molecular formula is C15H12F4N6O2. The van der Waals surface area contributed by atoms with Gasteiger partial charge in [-0.1, -0.05) is 0 Å². The highest BCUT2D eigenvalue weighted by atomic mass is 19.3. The van der Waals surface area contributed by atoms with Gasteiger partial charge in [-0.3, -0.25) is 4.90 Å². The summed E-state index contributed by atoms with van der Waals surface area (Å²) < 4.78 is 63.6. The third kappa shape index (κ3) is 2.59. The molecule has 8 nitrogen and oxygen atoms in total. The molecule has 142 valence electrons. The number of likely N-dealkylation sites (tertiary alicyclic amines) is 1. The molecule has 0 radical (unpaired) electrons. The zero-order valence-corrected chi connectivity index (χ0v) is 13.6. The lowest BCUT2D eigenvalue weighted by Crippen LogP contribution is -2.26. The molecule has 0 saturated carbocycles. The third-order valence-corrected chi connectivity index (χ3v) is 4.49. The Labute approximate surface area is 148 Å². The van der Waals surface area contributed by atoms with E-state index in [0.717, 1.165) is 0 Å². The smallest absolute Gasteiger partial charge is 0.395 e. The van der Waals surface area contributed by atoms with Crippen LogP contribution in [0.5, 0.6) is 11.5 Å². The number of nitrogen functional groups attached to an aromatic ring is 1. The Morgan fingerprint density at radius 2 is 1.96 bits per heavy atom. The van der Waals surface area contributed by atoms with E-state index in [1.165, 1.54) is 21.5 Å². The minimum atomic E-state index is -3.79. The Bertz CT molecular complexity index is 1090. The lowest BCUT2D eigenvalue weighted by molar-refractivity contribution is -0.286. The molecule has 4 heterocycles. The van der Waals surface area contributed by atoms with Crippen LogP contribution in [0.4, 0.5) is 23.5 Å². The van der Waals surface area contributed by atoms with E-state index >= 15 is 0 Å². The molecule has 1 fully saturated rings. The largest absolute Gasteiger partial charge is 0.586 e. The Hall–Kier alpha value is -2.89. The van der Waals surface area contributed by atoms with Crippen molar-refractivity contribution in [3.05, 3.63) is 18.0 Å². The van der Waals surface area contributed by atoms with Crippen molar-refractivity contribution >= 4 is 22.5 Å². The monoisotopic (exact) mass is 384 g/mol. The number of rotatable bonds is 2. The van der Waals surface area contributed by atoms with Crippen LogP contribution in [0.25, 0.3) is 16.6 Å². The minimum Gasteiger partial charge on any atom is -0.395 e. The van der Waals surface area contributed by atoms with E-state index in [0.29, 0.717) is 5.39 Å². The van der Waals surface area contributed by atoms with Crippen LogP contribution in [0.15, 0.2) is 12.1 Å². The summed E-state index contributed by atoms with van der Waals surface area (Å²) in [6, 6.07) is 2.80. The van der Waals surface area contributed by atoms with Crippen molar-refractivity contribution in [3.63, 3.8) is 0 Å². The maximum absolute atomic E-state index is 13.4. The van der Waals surface area contributed by atoms with Crippen molar-refractivity contribution in [2.24, 2.45) is 0 Å². The lowest BCUT2D eigenvalue weighted by Gasteiger charge is -2.12. The van der Waals surface area contributed by atoms with Gasteiger partial charge in [-0.25, -0.2) is 18.7 Å². The number of nitrogens with two attached hydrogens (primary N) is 1. The summed E-state index contributed by atoms with van der Waals surface area (Å²) in [6.07, 6.45) is -4.01. The Kier molecular flexibility index (Phi) is 3.07. The number of halogens is 4. The molecule has 2 aliphatic rings. The van der Waals surface area contributed by atoms with Gasteiger partial charge in [0.25, 0.3) is 5.92 Å². The van der Waals surface area contributed by atoms with Crippen LogP contribution >= 0.6 is 0 Å². The Morgan fingerprint density at radius 3 is 2.70 bits per heavy atom. The van der Waals surface area contributed by atoms with E-state index in [9.17, 15) is 17.6 Å². The van der Waals surface area contributed by atoms with Crippen molar-refractivity contribution in [3.8, 4) is 11.5 Å². The second kappa shape index (κ2) is 5.09. The molecule has 5 rings (SSSR count). The molecule has 2 N–H and O–H groups in total. The number of alkyl halides is 4. The van der Waals surface area contributed by atoms with Gasteiger partial charge in [0.2, 0.25) is 5.95 Å². The van der Waals surface area contributed by atoms with Crippen LogP contribution in [0.2, 0.25) is 0 Å². The average Bonchev–Trinajstić information content (AvgIpc) is 3.22. The van der Waals surface area contributed by atoms with Crippen LogP contribution in [-0.4, -0.2) is 49.8 Å². The van der Waals surface area contributed by atoms with Gasteiger partial charge in [0.15, 0.2) is 23.0 Å². The number of hydrogen-bond acceptors (Lipinski definition) is 7. The van der Waals surface area contributed by atoms with Gasteiger partial charge in [-0.05, 0) is 12.1 Å². The molecule has 2 aromatic heterocycles. The molecule has 3 aromatic rings. The van der Waals surface area contributed by atoms with Crippen molar-refractivity contribution in [1.29, 1.82) is 0 Å². The first kappa shape index (κ1) is 16.3. The molecule has 1 aromatic carbocycles. The van der Waals surface area contributed by atoms with Gasteiger partial charge in [-0.15, -0.1) is 13.9 Å². The number of anilines is 1. The molecule has 27 heavy (non-hydrogen) atoms. The predicted molar refractivity (Wildman–Crippen MR) is 83.7 cm³/mol. The van der Waals surface area contributed by atoms with Gasteiger partial charge in [0, 0.05) is 18.4 Å². The van der Waals surface area contributed by atoms with Crippen molar-refractivity contribution in [2.75, 3.05) is 18.8 Å². The number of fused-ring (bicyclic) bond motifs is 5.